The molecule has 4 nitrogen and oxygen atoms in total. The van der Waals surface area contributed by atoms with Crippen molar-refractivity contribution in [3.8, 4) is 0 Å². The lowest BCUT2D eigenvalue weighted by atomic mass is 10.1. The van der Waals surface area contributed by atoms with E-state index in [4.69, 9.17) is 16.7 Å². The van der Waals surface area contributed by atoms with Gasteiger partial charge in [-0.25, -0.2) is 4.39 Å². The van der Waals surface area contributed by atoms with Crippen LogP contribution in [0.15, 0.2) is 18.2 Å². The molecule has 0 radical (unpaired) electrons. The Balaban J connectivity index is 2.18. The van der Waals surface area contributed by atoms with Crippen molar-refractivity contribution < 1.29 is 19.1 Å². The molecule has 2 rings (SSSR count). The smallest absolute Gasteiger partial charge is 0.308 e. The first kappa shape index (κ1) is 12.8. The summed E-state index contributed by atoms with van der Waals surface area (Å²) in [5, 5.41) is 8.64. The fourth-order valence-corrected chi connectivity index (χ4v) is 2.19. The highest BCUT2D eigenvalue weighted by Gasteiger charge is 2.32. The largest absolute Gasteiger partial charge is 0.481 e. The summed E-state index contributed by atoms with van der Waals surface area (Å²) in [4.78, 5) is 24.3. The Morgan fingerprint density at radius 3 is 2.78 bits per heavy atom. The zero-order valence-corrected chi connectivity index (χ0v) is 10.2. The number of carboxylic acids is 1. The number of carboxylic acid groups (broad SMARTS) is 1. The van der Waals surface area contributed by atoms with E-state index in [1.807, 2.05) is 0 Å². The number of rotatable bonds is 2. The lowest BCUT2D eigenvalue weighted by Gasteiger charge is -2.16. The lowest BCUT2D eigenvalue weighted by molar-refractivity contribution is -0.141. The number of carbonyl (C=O) groups is 2. The minimum absolute atomic E-state index is 0.0719. The van der Waals surface area contributed by atoms with Crippen molar-refractivity contribution in [3.63, 3.8) is 0 Å². The van der Waals surface area contributed by atoms with E-state index in [0.29, 0.717) is 13.0 Å². The van der Waals surface area contributed by atoms with Crippen LogP contribution in [0.2, 0.25) is 5.02 Å². The lowest BCUT2D eigenvalue weighted by Crippen LogP contribution is -2.30. The van der Waals surface area contributed by atoms with Gasteiger partial charge in [-0.15, -0.1) is 0 Å². The predicted octanol–water partition coefficient (Wildman–Crippen LogP) is 2.03. The minimum atomic E-state index is -0.921. The van der Waals surface area contributed by atoms with Crippen LogP contribution in [0.5, 0.6) is 0 Å². The highest BCUT2D eigenvalue weighted by molar-refractivity contribution is 6.34. The molecule has 96 valence electrons. The van der Waals surface area contributed by atoms with Gasteiger partial charge >= 0.3 is 5.97 Å². The third-order valence-corrected chi connectivity index (χ3v) is 3.39. The maximum Gasteiger partial charge on any atom is 0.308 e. The number of amides is 1. The molecule has 0 aromatic heterocycles. The molecule has 0 bridgehead atoms. The van der Waals surface area contributed by atoms with Crippen LogP contribution in [-0.2, 0) is 4.79 Å². The van der Waals surface area contributed by atoms with Crippen molar-refractivity contribution in [2.45, 2.75) is 6.42 Å². The molecule has 6 heteroatoms. The normalized spacial score (nSPS) is 19.0. The van der Waals surface area contributed by atoms with Gasteiger partial charge in [-0.1, -0.05) is 17.7 Å². The van der Waals surface area contributed by atoms with Gasteiger partial charge < -0.3 is 10.0 Å². The molecule has 0 saturated carbocycles. The fourth-order valence-electron chi connectivity index (χ4n) is 1.99. The zero-order valence-electron chi connectivity index (χ0n) is 9.40. The highest BCUT2D eigenvalue weighted by Crippen LogP contribution is 2.24. The third kappa shape index (κ3) is 2.31. The second-order valence-corrected chi connectivity index (χ2v) is 4.55. The van der Waals surface area contributed by atoms with Crippen molar-refractivity contribution in [1.29, 1.82) is 0 Å². The summed E-state index contributed by atoms with van der Waals surface area (Å²) in [5.41, 5.74) is 0.0719. The van der Waals surface area contributed by atoms with E-state index in [2.05, 4.69) is 0 Å². The van der Waals surface area contributed by atoms with Crippen molar-refractivity contribution in [3.05, 3.63) is 34.6 Å². The van der Waals surface area contributed by atoms with Gasteiger partial charge in [0.1, 0.15) is 5.82 Å². The molecule has 1 fully saturated rings. The molecular formula is C12H11ClFNO3. The molecule has 1 N–H and O–H groups in total. The maximum absolute atomic E-state index is 13.2. The number of nitrogens with zero attached hydrogens (tertiary/aromatic N) is 1. The summed E-state index contributed by atoms with van der Waals surface area (Å²) in [6, 6.07) is 4.00. The number of carbonyl (C=O) groups excluding carboxylic acids is 1. The second kappa shape index (κ2) is 4.94. The molecule has 1 aromatic rings. The summed E-state index contributed by atoms with van der Waals surface area (Å²) in [7, 11) is 0. The third-order valence-electron chi connectivity index (χ3n) is 3.01. The van der Waals surface area contributed by atoms with Crippen LogP contribution in [0.4, 0.5) is 4.39 Å². The van der Waals surface area contributed by atoms with Gasteiger partial charge in [0.05, 0.1) is 16.5 Å². The molecule has 1 heterocycles. The first-order valence-corrected chi connectivity index (χ1v) is 5.84. The second-order valence-electron chi connectivity index (χ2n) is 4.18. The van der Waals surface area contributed by atoms with Crippen LogP contribution in [0.3, 0.4) is 0 Å². The minimum Gasteiger partial charge on any atom is -0.481 e. The van der Waals surface area contributed by atoms with Gasteiger partial charge in [-0.2, -0.15) is 0 Å². The summed E-state index contributed by atoms with van der Waals surface area (Å²) in [6.45, 7) is 0.490. The monoisotopic (exact) mass is 271 g/mol. The molecule has 1 aliphatic heterocycles. The first-order chi connectivity index (χ1) is 8.50. The highest BCUT2D eigenvalue weighted by atomic mass is 35.5. The molecular weight excluding hydrogens is 261 g/mol. The van der Waals surface area contributed by atoms with E-state index in [1.165, 1.54) is 23.1 Å². The van der Waals surface area contributed by atoms with Crippen molar-refractivity contribution in [2.75, 3.05) is 13.1 Å². The fraction of sp³-hybridized carbons (Fsp3) is 0.333. The van der Waals surface area contributed by atoms with Crippen LogP contribution in [0.25, 0.3) is 0 Å². The van der Waals surface area contributed by atoms with Gasteiger partial charge in [0.25, 0.3) is 5.91 Å². The van der Waals surface area contributed by atoms with Gasteiger partial charge in [0.2, 0.25) is 0 Å². The van der Waals surface area contributed by atoms with Gasteiger partial charge in [0.15, 0.2) is 0 Å². The summed E-state index contributed by atoms with van der Waals surface area (Å²) < 4.78 is 13.2. The van der Waals surface area contributed by atoms with E-state index in [-0.39, 0.29) is 17.1 Å². The summed E-state index contributed by atoms with van der Waals surface area (Å²) in [5.74, 6) is -2.56. The zero-order chi connectivity index (χ0) is 13.3. The summed E-state index contributed by atoms with van der Waals surface area (Å²) in [6.07, 6.45) is 0.411. The average molecular weight is 272 g/mol. The topological polar surface area (TPSA) is 57.6 Å². The predicted molar refractivity (Wildman–Crippen MR) is 63.1 cm³/mol. The Bertz CT molecular complexity index is 506. The van der Waals surface area contributed by atoms with Crippen LogP contribution >= 0.6 is 11.6 Å². The van der Waals surface area contributed by atoms with Crippen LogP contribution < -0.4 is 0 Å². The van der Waals surface area contributed by atoms with E-state index in [9.17, 15) is 14.0 Å². The first-order valence-electron chi connectivity index (χ1n) is 5.47. The Morgan fingerprint density at radius 2 is 2.17 bits per heavy atom. The molecule has 1 unspecified atom stereocenters. The Labute approximate surface area is 108 Å². The van der Waals surface area contributed by atoms with E-state index in [1.54, 1.807) is 0 Å². The van der Waals surface area contributed by atoms with Crippen molar-refractivity contribution in [1.82, 2.24) is 4.90 Å². The van der Waals surface area contributed by atoms with Gasteiger partial charge in [0, 0.05) is 13.1 Å². The quantitative estimate of drug-likeness (QED) is 0.895. The Hall–Kier alpha value is -1.62. The number of hydrogen-bond acceptors (Lipinski definition) is 2. The van der Waals surface area contributed by atoms with Crippen molar-refractivity contribution >= 4 is 23.5 Å². The number of aliphatic carboxylic acids is 1. The standard InChI is InChI=1S/C12H11ClFNO3/c13-10-8(2-1-3-9(10)14)11(16)15-5-4-7(6-15)12(17)18/h1-3,7H,4-6H2,(H,17,18). The van der Waals surface area contributed by atoms with Crippen molar-refractivity contribution in [2.24, 2.45) is 5.92 Å². The molecule has 0 spiro atoms. The van der Waals surface area contributed by atoms with E-state index >= 15 is 0 Å². The maximum atomic E-state index is 13.2. The molecule has 1 aromatic carbocycles. The average Bonchev–Trinajstić information content (AvgIpc) is 2.81. The van der Waals surface area contributed by atoms with Crippen LogP contribution in [0, 0.1) is 11.7 Å². The number of likely N-dealkylation sites (tertiary alicyclic amines) is 1. The molecule has 18 heavy (non-hydrogen) atoms. The summed E-state index contributed by atoms with van der Waals surface area (Å²) >= 11 is 5.73. The van der Waals surface area contributed by atoms with Crippen LogP contribution in [-0.4, -0.2) is 35.0 Å². The SMILES string of the molecule is O=C(O)C1CCN(C(=O)c2cccc(F)c2Cl)C1. The Kier molecular flexibility index (Phi) is 3.52. The van der Waals surface area contributed by atoms with Gasteiger partial charge in [-0.05, 0) is 18.6 Å². The molecule has 1 aliphatic rings. The molecule has 0 aliphatic carbocycles. The van der Waals surface area contributed by atoms with Gasteiger partial charge in [-0.3, -0.25) is 9.59 Å². The Morgan fingerprint density at radius 1 is 1.44 bits per heavy atom. The number of benzene rings is 1. The van der Waals surface area contributed by atoms with E-state index < -0.39 is 23.6 Å². The molecule has 1 atom stereocenters. The molecule has 1 saturated heterocycles. The molecule has 1 amide bonds. The van der Waals surface area contributed by atoms with E-state index in [0.717, 1.165) is 0 Å². The number of halogens is 2. The number of hydrogen-bond donors (Lipinski definition) is 1. The van der Waals surface area contributed by atoms with Crippen LogP contribution in [0.1, 0.15) is 16.8 Å².